The van der Waals surface area contributed by atoms with Crippen molar-refractivity contribution < 1.29 is 33.3 Å². The molecule has 2 aromatic carbocycles. The Hall–Kier alpha value is -4.27. The van der Waals surface area contributed by atoms with Crippen molar-refractivity contribution in [2.45, 2.75) is 12.5 Å². The maximum atomic E-state index is 13.8. The van der Waals surface area contributed by atoms with E-state index in [1.165, 1.54) is 13.3 Å². The number of amides is 1. The maximum absolute atomic E-state index is 13.8. The molecule has 188 valence electrons. The van der Waals surface area contributed by atoms with E-state index in [0.717, 1.165) is 11.1 Å². The number of benzene rings is 2. The molecule has 1 aliphatic heterocycles. The third-order valence-corrected chi connectivity index (χ3v) is 6.15. The number of pyridine rings is 1. The Kier molecular flexibility index (Phi) is 7.58. The number of hydrogen-bond acceptors (Lipinski definition) is 8. The monoisotopic (exact) mass is 492 g/mol. The van der Waals surface area contributed by atoms with Gasteiger partial charge in [-0.3, -0.25) is 4.79 Å². The molecule has 0 saturated heterocycles. The van der Waals surface area contributed by atoms with Gasteiger partial charge in [0.25, 0.3) is 5.91 Å². The van der Waals surface area contributed by atoms with Crippen LogP contribution in [0.5, 0.6) is 23.0 Å². The predicted molar refractivity (Wildman–Crippen MR) is 131 cm³/mol. The Morgan fingerprint density at radius 3 is 2.31 bits per heavy atom. The standard InChI is InChI=1S/C27H28N2O7/c1-32-18-7-9-19(10-8-18)36-16-22-21-15-24(34-3)23(33-2)14-17(21)11-13-29(22)26(30)20-6-5-12-28-25(20)27(31)35-4/h5-10,12,14-15,22H,11,13,16H2,1-4H3. The minimum atomic E-state index is -0.672. The first-order valence-corrected chi connectivity index (χ1v) is 11.4. The fourth-order valence-corrected chi connectivity index (χ4v) is 4.29. The second kappa shape index (κ2) is 11.0. The van der Waals surface area contributed by atoms with E-state index in [0.29, 0.717) is 36.0 Å². The summed E-state index contributed by atoms with van der Waals surface area (Å²) in [7, 11) is 6.01. The summed E-state index contributed by atoms with van der Waals surface area (Å²) in [5, 5.41) is 0. The summed E-state index contributed by atoms with van der Waals surface area (Å²) in [6.45, 7) is 0.585. The highest BCUT2D eigenvalue weighted by Crippen LogP contribution is 2.39. The van der Waals surface area contributed by atoms with Gasteiger partial charge < -0.3 is 28.6 Å². The van der Waals surface area contributed by atoms with Gasteiger partial charge in [0.1, 0.15) is 18.1 Å². The van der Waals surface area contributed by atoms with Crippen LogP contribution >= 0.6 is 0 Å². The molecule has 1 atom stereocenters. The first-order chi connectivity index (χ1) is 17.5. The summed E-state index contributed by atoms with van der Waals surface area (Å²) >= 11 is 0. The van der Waals surface area contributed by atoms with Gasteiger partial charge in [0.2, 0.25) is 0 Å². The Morgan fingerprint density at radius 2 is 1.64 bits per heavy atom. The lowest BCUT2D eigenvalue weighted by molar-refractivity contribution is 0.0548. The third kappa shape index (κ3) is 4.91. The molecule has 0 radical (unpaired) electrons. The Bertz CT molecular complexity index is 1240. The molecule has 1 aliphatic rings. The van der Waals surface area contributed by atoms with Gasteiger partial charge in [0.05, 0.1) is 40.0 Å². The van der Waals surface area contributed by atoms with E-state index in [4.69, 9.17) is 23.7 Å². The number of carbonyl (C=O) groups excluding carboxylic acids is 2. The molecular formula is C27H28N2O7. The molecule has 0 saturated carbocycles. The predicted octanol–water partition coefficient (Wildman–Crippen LogP) is 3.71. The van der Waals surface area contributed by atoms with E-state index in [-0.39, 0.29) is 23.8 Å². The molecule has 0 fully saturated rings. The second-order valence-electron chi connectivity index (χ2n) is 8.05. The van der Waals surface area contributed by atoms with Crippen molar-refractivity contribution in [1.29, 1.82) is 0 Å². The quantitative estimate of drug-likeness (QED) is 0.439. The molecule has 1 unspecified atom stereocenters. The minimum Gasteiger partial charge on any atom is -0.497 e. The normalized spacial score (nSPS) is 14.4. The van der Waals surface area contributed by atoms with Crippen LogP contribution in [0.2, 0.25) is 0 Å². The van der Waals surface area contributed by atoms with Crippen LogP contribution in [-0.4, -0.2) is 63.4 Å². The van der Waals surface area contributed by atoms with E-state index < -0.39 is 12.0 Å². The number of esters is 1. The molecule has 0 N–H and O–H groups in total. The summed E-state index contributed by atoms with van der Waals surface area (Å²) in [4.78, 5) is 31.9. The highest BCUT2D eigenvalue weighted by Gasteiger charge is 2.35. The molecule has 36 heavy (non-hydrogen) atoms. The van der Waals surface area contributed by atoms with Gasteiger partial charge in [-0.2, -0.15) is 0 Å². The van der Waals surface area contributed by atoms with E-state index in [1.807, 2.05) is 12.1 Å². The maximum Gasteiger partial charge on any atom is 0.357 e. The van der Waals surface area contributed by atoms with Gasteiger partial charge in [0.15, 0.2) is 17.2 Å². The summed E-state index contributed by atoms with van der Waals surface area (Å²) < 4.78 is 27.2. The molecular weight excluding hydrogens is 464 g/mol. The van der Waals surface area contributed by atoms with Gasteiger partial charge in [0, 0.05) is 12.7 Å². The molecule has 1 aromatic heterocycles. The molecule has 3 aromatic rings. The molecule has 0 spiro atoms. The average Bonchev–Trinajstić information content (AvgIpc) is 2.94. The van der Waals surface area contributed by atoms with Crippen LogP contribution in [0, 0.1) is 0 Å². The van der Waals surface area contributed by atoms with Crippen LogP contribution in [0.1, 0.15) is 38.0 Å². The lowest BCUT2D eigenvalue weighted by atomic mass is 9.91. The van der Waals surface area contributed by atoms with Crippen molar-refractivity contribution >= 4 is 11.9 Å². The van der Waals surface area contributed by atoms with Crippen LogP contribution in [0.15, 0.2) is 54.7 Å². The van der Waals surface area contributed by atoms with E-state index in [2.05, 4.69) is 4.98 Å². The Morgan fingerprint density at radius 1 is 0.944 bits per heavy atom. The SMILES string of the molecule is COC(=O)c1ncccc1C(=O)N1CCc2cc(OC)c(OC)cc2C1COc1ccc(OC)cc1. The van der Waals surface area contributed by atoms with Crippen LogP contribution in [0.4, 0.5) is 0 Å². The molecule has 9 nitrogen and oxygen atoms in total. The summed E-state index contributed by atoms with van der Waals surface area (Å²) in [6.07, 6.45) is 2.05. The minimum absolute atomic E-state index is 0.0297. The number of rotatable bonds is 8. The average molecular weight is 493 g/mol. The van der Waals surface area contributed by atoms with Gasteiger partial charge >= 0.3 is 5.97 Å². The lowest BCUT2D eigenvalue weighted by Crippen LogP contribution is -2.43. The van der Waals surface area contributed by atoms with Crippen LogP contribution < -0.4 is 18.9 Å². The zero-order valence-corrected chi connectivity index (χ0v) is 20.6. The Labute approximate surface area is 209 Å². The third-order valence-electron chi connectivity index (χ3n) is 6.15. The molecule has 4 rings (SSSR count). The number of ether oxygens (including phenoxy) is 5. The molecule has 9 heteroatoms. The Balaban J connectivity index is 1.72. The van der Waals surface area contributed by atoms with Crippen LogP contribution in [0.25, 0.3) is 0 Å². The first-order valence-electron chi connectivity index (χ1n) is 11.4. The van der Waals surface area contributed by atoms with E-state index in [1.54, 1.807) is 62.6 Å². The summed E-state index contributed by atoms with van der Waals surface area (Å²) in [5.41, 5.74) is 2.05. The van der Waals surface area contributed by atoms with Gasteiger partial charge in [-0.15, -0.1) is 0 Å². The van der Waals surface area contributed by atoms with Crippen LogP contribution in [0.3, 0.4) is 0 Å². The number of methoxy groups -OCH3 is 4. The smallest absolute Gasteiger partial charge is 0.357 e. The van der Waals surface area contributed by atoms with Crippen molar-refractivity contribution in [2.24, 2.45) is 0 Å². The number of fused-ring (bicyclic) bond motifs is 1. The number of aromatic nitrogens is 1. The van der Waals surface area contributed by atoms with E-state index in [9.17, 15) is 9.59 Å². The van der Waals surface area contributed by atoms with Crippen molar-refractivity contribution in [3.8, 4) is 23.0 Å². The summed E-state index contributed by atoms with van der Waals surface area (Å²) in [6, 6.07) is 13.8. The first kappa shape index (κ1) is 24.8. The molecule has 1 amide bonds. The zero-order valence-electron chi connectivity index (χ0n) is 20.6. The van der Waals surface area contributed by atoms with Gasteiger partial charge in [-0.05, 0) is 66.1 Å². The topological polar surface area (TPSA) is 96.4 Å². The fraction of sp³-hybridized carbons (Fsp3) is 0.296. The second-order valence-corrected chi connectivity index (χ2v) is 8.05. The van der Waals surface area contributed by atoms with Crippen molar-refractivity contribution in [3.05, 3.63) is 77.1 Å². The van der Waals surface area contributed by atoms with E-state index >= 15 is 0 Å². The van der Waals surface area contributed by atoms with Crippen molar-refractivity contribution in [1.82, 2.24) is 9.88 Å². The van der Waals surface area contributed by atoms with Crippen molar-refractivity contribution in [2.75, 3.05) is 41.6 Å². The zero-order chi connectivity index (χ0) is 25.7. The fourth-order valence-electron chi connectivity index (χ4n) is 4.29. The molecule has 0 aliphatic carbocycles. The largest absolute Gasteiger partial charge is 0.497 e. The van der Waals surface area contributed by atoms with Gasteiger partial charge in [-0.25, -0.2) is 9.78 Å². The summed E-state index contributed by atoms with van der Waals surface area (Å²) in [5.74, 6) is 1.50. The molecule has 2 heterocycles. The van der Waals surface area contributed by atoms with Gasteiger partial charge in [-0.1, -0.05) is 0 Å². The highest BCUT2D eigenvalue weighted by atomic mass is 16.5. The number of carbonyl (C=O) groups is 2. The lowest BCUT2D eigenvalue weighted by Gasteiger charge is -2.37. The van der Waals surface area contributed by atoms with Crippen LogP contribution in [-0.2, 0) is 11.2 Å². The van der Waals surface area contributed by atoms with Crippen molar-refractivity contribution in [3.63, 3.8) is 0 Å². The molecule has 0 bridgehead atoms. The number of nitrogens with zero attached hydrogens (tertiary/aromatic N) is 2. The highest BCUT2D eigenvalue weighted by molar-refractivity contribution is 6.04. The number of hydrogen-bond donors (Lipinski definition) is 0.